The number of nitrogens with one attached hydrogen (secondary N) is 1. The average Bonchev–Trinajstić information content (AvgIpc) is 2.75. The summed E-state index contributed by atoms with van der Waals surface area (Å²) < 4.78 is 15.8. The van der Waals surface area contributed by atoms with Crippen molar-refractivity contribution < 1.29 is 23.8 Å². The Morgan fingerprint density at radius 3 is 2.25 bits per heavy atom. The summed E-state index contributed by atoms with van der Waals surface area (Å²) in [7, 11) is 3.15. The number of para-hydroxylation sites is 1. The minimum absolute atomic E-state index is 0.284. The van der Waals surface area contributed by atoms with Crippen LogP contribution < -0.4 is 14.8 Å². The number of hydrogen-bond acceptors (Lipinski definition) is 5. The Morgan fingerprint density at radius 1 is 0.821 bits per heavy atom. The molecule has 0 aliphatic rings. The van der Waals surface area contributed by atoms with Gasteiger partial charge in [-0.3, -0.25) is 4.79 Å². The third kappa shape index (κ3) is 4.23. The van der Waals surface area contributed by atoms with Gasteiger partial charge in [0.05, 0.1) is 19.8 Å². The molecule has 28 heavy (non-hydrogen) atoms. The van der Waals surface area contributed by atoms with Crippen LogP contribution in [0.1, 0.15) is 15.9 Å². The van der Waals surface area contributed by atoms with Crippen molar-refractivity contribution in [3.63, 3.8) is 0 Å². The van der Waals surface area contributed by atoms with Crippen molar-refractivity contribution in [1.29, 1.82) is 0 Å². The molecule has 3 aromatic carbocycles. The summed E-state index contributed by atoms with van der Waals surface area (Å²) in [5, 5.41) is 4.23. The van der Waals surface area contributed by atoms with E-state index in [4.69, 9.17) is 14.2 Å². The van der Waals surface area contributed by atoms with Crippen LogP contribution in [-0.2, 0) is 16.1 Å². The minimum atomic E-state index is -0.564. The van der Waals surface area contributed by atoms with Gasteiger partial charge in [0.2, 0.25) is 0 Å². The molecule has 0 radical (unpaired) electrons. The van der Waals surface area contributed by atoms with Gasteiger partial charge < -0.3 is 19.5 Å². The zero-order chi connectivity index (χ0) is 19.9. The van der Waals surface area contributed by atoms with E-state index in [0.29, 0.717) is 22.4 Å². The zero-order valence-corrected chi connectivity index (χ0v) is 15.7. The first-order chi connectivity index (χ1) is 13.6. The van der Waals surface area contributed by atoms with Gasteiger partial charge in [-0.2, -0.15) is 0 Å². The standard InChI is InChI=1S/C22H21NO5/c1-26-19-10-6-3-7-15(19)13-23-21(24)14-28-22(25)18-11-12-20(27-2)17-9-5-4-8-16(17)18/h3-12H,13-14H2,1-2H3,(H,23,24). The molecule has 1 N–H and O–H groups in total. The third-order valence-corrected chi connectivity index (χ3v) is 4.33. The second kappa shape index (κ2) is 8.90. The number of benzene rings is 3. The van der Waals surface area contributed by atoms with Crippen LogP contribution in [0, 0.1) is 0 Å². The number of esters is 1. The fraction of sp³-hybridized carbons (Fsp3) is 0.182. The molecule has 0 saturated heterocycles. The third-order valence-electron chi connectivity index (χ3n) is 4.33. The van der Waals surface area contributed by atoms with Gasteiger partial charge in [0.25, 0.3) is 5.91 Å². The highest BCUT2D eigenvalue weighted by atomic mass is 16.5. The molecule has 0 aliphatic heterocycles. The molecule has 0 aliphatic carbocycles. The first-order valence-corrected chi connectivity index (χ1v) is 8.75. The average molecular weight is 379 g/mol. The van der Waals surface area contributed by atoms with Crippen molar-refractivity contribution >= 4 is 22.6 Å². The molecule has 1 amide bonds. The Labute approximate surface area is 163 Å². The predicted octanol–water partition coefficient (Wildman–Crippen LogP) is 3.33. The second-order valence-electron chi connectivity index (χ2n) is 6.03. The predicted molar refractivity (Wildman–Crippen MR) is 106 cm³/mol. The maximum absolute atomic E-state index is 12.5. The number of amides is 1. The van der Waals surface area contributed by atoms with E-state index in [1.807, 2.05) is 48.5 Å². The molecule has 0 atom stereocenters. The first kappa shape index (κ1) is 19.2. The number of rotatable bonds is 7. The molecule has 6 heteroatoms. The molecule has 0 spiro atoms. The van der Waals surface area contributed by atoms with Gasteiger partial charge >= 0.3 is 5.97 Å². The van der Waals surface area contributed by atoms with Crippen LogP contribution in [0.3, 0.4) is 0 Å². The van der Waals surface area contributed by atoms with Gasteiger partial charge in [0.15, 0.2) is 6.61 Å². The Hall–Kier alpha value is -3.54. The van der Waals surface area contributed by atoms with E-state index in [9.17, 15) is 9.59 Å². The topological polar surface area (TPSA) is 73.9 Å². The minimum Gasteiger partial charge on any atom is -0.496 e. The van der Waals surface area contributed by atoms with Gasteiger partial charge in [-0.25, -0.2) is 4.79 Å². The van der Waals surface area contributed by atoms with E-state index < -0.39 is 11.9 Å². The number of carbonyl (C=O) groups is 2. The van der Waals surface area contributed by atoms with Crippen molar-refractivity contribution in [1.82, 2.24) is 5.32 Å². The number of methoxy groups -OCH3 is 2. The van der Waals surface area contributed by atoms with Gasteiger partial charge in [-0.1, -0.05) is 42.5 Å². The largest absolute Gasteiger partial charge is 0.496 e. The molecule has 6 nitrogen and oxygen atoms in total. The summed E-state index contributed by atoms with van der Waals surface area (Å²) in [5.74, 6) is 0.398. The maximum atomic E-state index is 12.5. The highest BCUT2D eigenvalue weighted by Crippen LogP contribution is 2.28. The van der Waals surface area contributed by atoms with Crippen molar-refractivity contribution in [2.45, 2.75) is 6.54 Å². The summed E-state index contributed by atoms with van der Waals surface area (Å²) in [6.07, 6.45) is 0. The molecule has 3 aromatic rings. The van der Waals surface area contributed by atoms with Gasteiger partial charge in [-0.15, -0.1) is 0 Å². The number of hydrogen-bond donors (Lipinski definition) is 1. The fourth-order valence-corrected chi connectivity index (χ4v) is 2.93. The van der Waals surface area contributed by atoms with Crippen molar-refractivity contribution in [2.75, 3.05) is 20.8 Å². The normalized spacial score (nSPS) is 10.4. The number of ether oxygens (including phenoxy) is 3. The Balaban J connectivity index is 1.63. The van der Waals surface area contributed by atoms with Crippen molar-refractivity contribution in [2.24, 2.45) is 0 Å². The van der Waals surface area contributed by atoms with E-state index >= 15 is 0 Å². The summed E-state index contributed by atoms with van der Waals surface area (Å²) in [6.45, 7) is -0.0831. The monoisotopic (exact) mass is 379 g/mol. The highest BCUT2D eigenvalue weighted by Gasteiger charge is 2.15. The fourth-order valence-electron chi connectivity index (χ4n) is 2.93. The smallest absolute Gasteiger partial charge is 0.339 e. The van der Waals surface area contributed by atoms with E-state index in [2.05, 4.69) is 5.32 Å². The van der Waals surface area contributed by atoms with Gasteiger partial charge in [0.1, 0.15) is 11.5 Å². The highest BCUT2D eigenvalue weighted by molar-refractivity contribution is 6.06. The van der Waals surface area contributed by atoms with Gasteiger partial charge in [0, 0.05) is 17.5 Å². The molecule has 0 heterocycles. The first-order valence-electron chi connectivity index (χ1n) is 8.75. The van der Waals surface area contributed by atoms with Gasteiger partial charge in [-0.05, 0) is 23.6 Å². The second-order valence-corrected chi connectivity index (χ2v) is 6.03. The SMILES string of the molecule is COc1ccccc1CNC(=O)COC(=O)c1ccc(OC)c2ccccc12. The molecule has 144 valence electrons. The van der Waals surface area contributed by atoms with E-state index in [1.165, 1.54) is 0 Å². The van der Waals surface area contributed by atoms with Crippen LogP contribution in [0.2, 0.25) is 0 Å². The summed E-state index contributed by atoms with van der Waals surface area (Å²) >= 11 is 0. The van der Waals surface area contributed by atoms with Crippen molar-refractivity contribution in [3.05, 3.63) is 71.8 Å². The Kier molecular flexibility index (Phi) is 6.11. The van der Waals surface area contributed by atoms with E-state index in [1.54, 1.807) is 26.4 Å². The Morgan fingerprint density at radius 2 is 1.50 bits per heavy atom. The molecule has 3 rings (SSSR count). The lowest BCUT2D eigenvalue weighted by Gasteiger charge is -2.11. The molecule has 0 saturated carbocycles. The van der Waals surface area contributed by atoms with Crippen LogP contribution in [0.4, 0.5) is 0 Å². The summed E-state index contributed by atoms with van der Waals surface area (Å²) in [6, 6.07) is 18.1. The number of carbonyl (C=O) groups excluding carboxylic acids is 2. The van der Waals surface area contributed by atoms with Crippen LogP contribution in [0.15, 0.2) is 60.7 Å². The van der Waals surface area contributed by atoms with Crippen molar-refractivity contribution in [3.8, 4) is 11.5 Å². The van der Waals surface area contributed by atoms with Crippen LogP contribution >= 0.6 is 0 Å². The maximum Gasteiger partial charge on any atom is 0.339 e. The summed E-state index contributed by atoms with van der Waals surface area (Å²) in [4.78, 5) is 24.5. The lowest BCUT2D eigenvalue weighted by atomic mass is 10.0. The molecule has 0 bridgehead atoms. The van der Waals surface area contributed by atoms with E-state index in [0.717, 1.165) is 10.9 Å². The van der Waals surface area contributed by atoms with Crippen LogP contribution in [0.5, 0.6) is 11.5 Å². The van der Waals surface area contributed by atoms with Crippen LogP contribution in [-0.4, -0.2) is 32.7 Å². The Bertz CT molecular complexity index is 999. The molecular formula is C22H21NO5. The number of fused-ring (bicyclic) bond motifs is 1. The quantitative estimate of drug-likeness (QED) is 0.638. The molecule has 0 unspecified atom stereocenters. The lowest BCUT2D eigenvalue weighted by Crippen LogP contribution is -2.28. The zero-order valence-electron chi connectivity index (χ0n) is 15.7. The molecule has 0 fully saturated rings. The van der Waals surface area contributed by atoms with E-state index in [-0.39, 0.29) is 13.2 Å². The molecular weight excluding hydrogens is 358 g/mol. The van der Waals surface area contributed by atoms with Crippen LogP contribution in [0.25, 0.3) is 10.8 Å². The lowest BCUT2D eigenvalue weighted by molar-refractivity contribution is -0.124. The summed E-state index contributed by atoms with van der Waals surface area (Å²) in [5.41, 5.74) is 1.22. The molecule has 0 aromatic heterocycles.